The third kappa shape index (κ3) is 5.68. The number of aromatic nitrogens is 1. The highest BCUT2D eigenvalue weighted by atomic mass is 35.5. The Balaban J connectivity index is 0.00000320. The van der Waals surface area contributed by atoms with Crippen molar-refractivity contribution < 1.29 is 14.3 Å². The number of alkyl carbamates (subject to hydrolysis) is 1. The Hall–Kier alpha value is -2.88. The fourth-order valence-corrected chi connectivity index (χ4v) is 6.00. The number of nitrogens with zero attached hydrogens (tertiary/aromatic N) is 4. The molecule has 0 spiro atoms. The molecule has 5 rings (SSSR count). The minimum absolute atomic E-state index is 0. The molecule has 3 aromatic rings. The van der Waals surface area contributed by atoms with Crippen molar-refractivity contribution in [3.63, 3.8) is 0 Å². The number of anilines is 2. The summed E-state index contributed by atoms with van der Waals surface area (Å²) >= 11 is 8.21. The highest BCUT2D eigenvalue weighted by molar-refractivity contribution is 7.13. The quantitative estimate of drug-likeness (QED) is 0.455. The van der Waals surface area contributed by atoms with Crippen molar-refractivity contribution in [3.8, 4) is 0 Å². The van der Waals surface area contributed by atoms with Crippen molar-refractivity contribution in [1.82, 2.24) is 14.6 Å². The molecular formula is C27H34ClN5O3S. The van der Waals surface area contributed by atoms with Gasteiger partial charge in [0, 0.05) is 49.7 Å². The van der Waals surface area contributed by atoms with Crippen LogP contribution in [0.1, 0.15) is 32.4 Å². The van der Waals surface area contributed by atoms with Gasteiger partial charge in [-0.25, -0.2) is 4.79 Å². The predicted octanol–water partition coefficient (Wildman–Crippen LogP) is 4.93. The number of rotatable bonds is 7. The number of halogens is 1. The van der Waals surface area contributed by atoms with E-state index >= 15 is 0 Å². The van der Waals surface area contributed by atoms with Crippen molar-refractivity contribution in [3.05, 3.63) is 52.5 Å². The minimum Gasteiger partial charge on any atom is -0.425 e. The van der Waals surface area contributed by atoms with Crippen molar-refractivity contribution in [2.45, 2.75) is 40.3 Å². The first-order valence-electron chi connectivity index (χ1n) is 12.3. The van der Waals surface area contributed by atoms with E-state index in [0.717, 1.165) is 61.8 Å². The maximum Gasteiger partial charge on any atom is 0.409 e. The average Bonchev–Trinajstić information content (AvgIpc) is 3.43. The van der Waals surface area contributed by atoms with E-state index in [4.69, 9.17) is 20.7 Å². The molecule has 2 aliphatic rings. The van der Waals surface area contributed by atoms with E-state index in [2.05, 4.69) is 39.4 Å². The molecule has 2 aromatic carbocycles. The second-order valence-corrected chi connectivity index (χ2v) is 10.3. The summed E-state index contributed by atoms with van der Waals surface area (Å²) in [6.07, 6.45) is -0.163. The first kappa shape index (κ1) is 27.2. The van der Waals surface area contributed by atoms with Crippen LogP contribution in [-0.2, 0) is 22.4 Å². The Kier molecular flexibility index (Phi) is 8.56. The molecule has 0 saturated carbocycles. The fraction of sp³-hybridized carbons (Fsp3) is 0.444. The summed E-state index contributed by atoms with van der Waals surface area (Å²) in [5.41, 5.74) is 2.68. The lowest BCUT2D eigenvalue weighted by Crippen LogP contribution is -2.47. The van der Waals surface area contributed by atoms with Gasteiger partial charge in [0.05, 0.1) is 16.8 Å². The number of ether oxygens (including phenoxy) is 1. The zero-order chi connectivity index (χ0) is 25.2. The standard InChI is InChI=1S/C26H30ClN5O3S.CH4/c1-3-28-26(34)35-17(2)32-22-16-21(27)18(14-19(22)15-24(32)33)8-9-30-10-12-31(13-11-30)25-20-6-4-5-7-23(20)36-29-25;/h4-7,14,16-17H,3,8-13,15H2,1-2H3,(H,28,34);1H4. The number of carbonyl (C=O) groups is 2. The Morgan fingerprint density at radius 1 is 1.22 bits per heavy atom. The van der Waals surface area contributed by atoms with Gasteiger partial charge in [-0.05, 0) is 61.1 Å². The van der Waals surface area contributed by atoms with Gasteiger partial charge in [-0.15, -0.1) is 0 Å². The first-order valence-corrected chi connectivity index (χ1v) is 13.5. The van der Waals surface area contributed by atoms with Gasteiger partial charge in [0.1, 0.15) is 5.82 Å². The summed E-state index contributed by atoms with van der Waals surface area (Å²) in [4.78, 5) is 30.9. The van der Waals surface area contributed by atoms with Gasteiger partial charge in [-0.3, -0.25) is 14.6 Å². The minimum atomic E-state index is -0.710. The molecule has 198 valence electrons. The summed E-state index contributed by atoms with van der Waals surface area (Å²) in [6.45, 7) is 8.69. The predicted molar refractivity (Wildman–Crippen MR) is 151 cm³/mol. The van der Waals surface area contributed by atoms with Crippen LogP contribution in [0.2, 0.25) is 5.02 Å². The third-order valence-electron chi connectivity index (χ3n) is 6.81. The molecule has 1 fully saturated rings. The topological polar surface area (TPSA) is 78.0 Å². The molecule has 10 heteroatoms. The number of benzene rings is 2. The number of carbonyl (C=O) groups excluding carboxylic acids is 2. The number of hydrogen-bond donors (Lipinski definition) is 1. The van der Waals surface area contributed by atoms with Crippen LogP contribution in [0.4, 0.5) is 16.3 Å². The van der Waals surface area contributed by atoms with Crippen molar-refractivity contribution in [1.29, 1.82) is 0 Å². The SMILES string of the molecule is C.CCNC(=O)OC(C)N1C(=O)Cc2cc(CCN3CCN(c4nsc5ccccc45)CC3)c(Cl)cc21. The van der Waals surface area contributed by atoms with Gasteiger partial charge in [0.2, 0.25) is 5.91 Å². The number of nitrogens with one attached hydrogen (secondary N) is 1. The van der Waals surface area contributed by atoms with Gasteiger partial charge in [0.25, 0.3) is 0 Å². The van der Waals surface area contributed by atoms with E-state index in [1.54, 1.807) is 18.5 Å². The molecule has 0 aliphatic carbocycles. The van der Waals surface area contributed by atoms with Crippen LogP contribution in [0, 0.1) is 0 Å². The van der Waals surface area contributed by atoms with Crippen molar-refractivity contribution >= 4 is 56.7 Å². The summed E-state index contributed by atoms with van der Waals surface area (Å²) < 4.78 is 11.3. The summed E-state index contributed by atoms with van der Waals surface area (Å²) in [5, 5.41) is 4.45. The molecule has 2 aliphatic heterocycles. The molecule has 2 amide bonds. The highest BCUT2D eigenvalue weighted by Crippen LogP contribution is 2.36. The molecule has 1 N–H and O–H groups in total. The van der Waals surface area contributed by atoms with Crippen molar-refractivity contribution in [2.24, 2.45) is 0 Å². The molecule has 0 radical (unpaired) electrons. The van der Waals surface area contributed by atoms with Gasteiger partial charge >= 0.3 is 6.09 Å². The van der Waals surface area contributed by atoms with Gasteiger partial charge < -0.3 is 15.0 Å². The maximum atomic E-state index is 12.7. The molecule has 8 nitrogen and oxygen atoms in total. The zero-order valence-corrected chi connectivity index (χ0v) is 22.1. The van der Waals surface area contributed by atoms with Crippen LogP contribution in [0.15, 0.2) is 36.4 Å². The van der Waals surface area contributed by atoms with Gasteiger partial charge in [-0.1, -0.05) is 37.2 Å². The maximum absolute atomic E-state index is 12.7. The number of fused-ring (bicyclic) bond motifs is 2. The lowest BCUT2D eigenvalue weighted by Gasteiger charge is -2.35. The Bertz CT molecular complexity index is 1270. The number of hydrogen-bond acceptors (Lipinski definition) is 7. The fourth-order valence-electron chi connectivity index (χ4n) is 4.95. The number of amides is 2. The van der Waals surface area contributed by atoms with Crippen LogP contribution in [0.5, 0.6) is 0 Å². The zero-order valence-electron chi connectivity index (χ0n) is 20.5. The van der Waals surface area contributed by atoms with E-state index in [1.165, 1.54) is 15.0 Å². The smallest absolute Gasteiger partial charge is 0.409 e. The Morgan fingerprint density at radius 3 is 2.73 bits per heavy atom. The normalized spacial score (nSPS) is 16.5. The van der Waals surface area contributed by atoms with E-state index in [9.17, 15) is 9.59 Å². The van der Waals surface area contributed by atoms with Crippen LogP contribution in [-0.4, -0.2) is 66.8 Å². The van der Waals surface area contributed by atoms with E-state index < -0.39 is 12.3 Å². The van der Waals surface area contributed by atoms with Crippen LogP contribution >= 0.6 is 23.1 Å². The van der Waals surface area contributed by atoms with Gasteiger partial charge in [0.15, 0.2) is 6.23 Å². The molecule has 1 unspecified atom stereocenters. The monoisotopic (exact) mass is 543 g/mol. The van der Waals surface area contributed by atoms with Crippen molar-refractivity contribution in [2.75, 3.05) is 49.1 Å². The Labute approximate surface area is 227 Å². The first-order chi connectivity index (χ1) is 17.4. The second-order valence-electron chi connectivity index (χ2n) is 9.13. The van der Waals surface area contributed by atoms with Crippen LogP contribution < -0.4 is 15.1 Å². The molecule has 37 heavy (non-hydrogen) atoms. The summed E-state index contributed by atoms with van der Waals surface area (Å²) in [7, 11) is 0. The van der Waals surface area contributed by atoms with Gasteiger partial charge in [-0.2, -0.15) is 4.37 Å². The molecule has 1 aromatic heterocycles. The van der Waals surface area contributed by atoms with E-state index in [1.807, 2.05) is 19.1 Å². The molecule has 0 bridgehead atoms. The molecule has 1 saturated heterocycles. The summed E-state index contributed by atoms with van der Waals surface area (Å²) in [5.74, 6) is 0.997. The lowest BCUT2D eigenvalue weighted by atomic mass is 10.1. The van der Waals surface area contributed by atoms with E-state index in [0.29, 0.717) is 11.6 Å². The average molecular weight is 544 g/mol. The van der Waals surface area contributed by atoms with Crippen LogP contribution in [0.3, 0.4) is 0 Å². The van der Waals surface area contributed by atoms with E-state index in [-0.39, 0.29) is 19.8 Å². The third-order valence-corrected chi connectivity index (χ3v) is 7.98. The molecule has 1 atom stereocenters. The molecular weight excluding hydrogens is 510 g/mol. The molecule has 3 heterocycles. The van der Waals surface area contributed by atoms with Crippen LogP contribution in [0.25, 0.3) is 10.1 Å². The lowest BCUT2D eigenvalue weighted by molar-refractivity contribution is -0.119. The largest absolute Gasteiger partial charge is 0.425 e. The highest BCUT2D eigenvalue weighted by Gasteiger charge is 2.34. The summed E-state index contributed by atoms with van der Waals surface area (Å²) in [6, 6.07) is 12.3. The Morgan fingerprint density at radius 2 is 1.97 bits per heavy atom. The second kappa shape index (κ2) is 11.7. The number of piperazine rings is 1.